The maximum atomic E-state index is 10.8. The van der Waals surface area contributed by atoms with Crippen molar-refractivity contribution >= 4 is 28.3 Å². The highest BCUT2D eigenvalue weighted by molar-refractivity contribution is 5.94. The summed E-state index contributed by atoms with van der Waals surface area (Å²) in [6, 6.07) is 13.4. The van der Waals surface area contributed by atoms with Gasteiger partial charge in [-0.3, -0.25) is 4.79 Å². The zero-order valence-corrected chi connectivity index (χ0v) is 17.6. The molecule has 4 nitrogen and oxygen atoms in total. The van der Waals surface area contributed by atoms with Gasteiger partial charge in [0.1, 0.15) is 0 Å². The molecule has 2 aromatic carbocycles. The number of aryl methyl sites for hydroxylation is 1. The van der Waals surface area contributed by atoms with Gasteiger partial charge < -0.3 is 10.2 Å². The molecule has 0 aliphatic heterocycles. The fourth-order valence-corrected chi connectivity index (χ4v) is 4.57. The molecule has 2 N–H and O–H groups in total. The summed E-state index contributed by atoms with van der Waals surface area (Å²) in [4.78, 5) is 21.3. The molecule has 0 aromatic heterocycles. The van der Waals surface area contributed by atoms with E-state index in [9.17, 15) is 9.59 Å². The van der Waals surface area contributed by atoms with E-state index in [0.29, 0.717) is 0 Å². The topological polar surface area (TPSA) is 74.6 Å². The van der Waals surface area contributed by atoms with Crippen molar-refractivity contribution in [2.75, 3.05) is 0 Å². The van der Waals surface area contributed by atoms with Gasteiger partial charge in [0, 0.05) is 5.57 Å². The molecule has 1 atom stereocenters. The van der Waals surface area contributed by atoms with Crippen molar-refractivity contribution < 1.29 is 19.8 Å². The van der Waals surface area contributed by atoms with Gasteiger partial charge in [-0.05, 0) is 66.5 Å². The Labute approximate surface area is 181 Å². The van der Waals surface area contributed by atoms with Crippen LogP contribution in [0.15, 0.2) is 77.9 Å². The lowest BCUT2D eigenvalue weighted by Gasteiger charge is -2.25. The number of rotatable bonds is 2. The first-order valence-corrected chi connectivity index (χ1v) is 10.6. The van der Waals surface area contributed by atoms with Crippen LogP contribution in [0.1, 0.15) is 43.7 Å². The molecule has 0 radical (unpaired) electrons. The molecule has 31 heavy (non-hydrogen) atoms. The van der Waals surface area contributed by atoms with Crippen molar-refractivity contribution in [1.29, 1.82) is 0 Å². The van der Waals surface area contributed by atoms with Gasteiger partial charge in [0.2, 0.25) is 0 Å². The summed E-state index contributed by atoms with van der Waals surface area (Å²) in [5.74, 6) is -2.06. The molecule has 0 heterocycles. The van der Waals surface area contributed by atoms with Gasteiger partial charge in [0.05, 0.1) is 5.41 Å². The molecular weight excluding hydrogens is 388 g/mol. The number of hydrogen-bond acceptors (Lipinski definition) is 2. The SMILES string of the molecule is C1=CC2=C(CC1)CCc1c2ccc2ccccc12.CC1(C(=O)O)C=CC=C(C(=O)O)C1. The fourth-order valence-electron chi connectivity index (χ4n) is 4.57. The van der Waals surface area contributed by atoms with Crippen molar-refractivity contribution in [1.82, 2.24) is 0 Å². The first-order valence-electron chi connectivity index (χ1n) is 10.6. The Morgan fingerprint density at radius 1 is 1.00 bits per heavy atom. The predicted octanol–water partition coefficient (Wildman–Crippen LogP) is 5.94. The summed E-state index contributed by atoms with van der Waals surface area (Å²) in [6.07, 6.45) is 14.0. The smallest absolute Gasteiger partial charge is 0.331 e. The molecule has 0 amide bonds. The molecule has 3 aliphatic carbocycles. The number of benzene rings is 2. The van der Waals surface area contributed by atoms with Crippen LogP contribution in [0.3, 0.4) is 0 Å². The lowest BCUT2D eigenvalue weighted by Crippen LogP contribution is -2.28. The molecule has 158 valence electrons. The van der Waals surface area contributed by atoms with E-state index in [1.165, 1.54) is 72.7 Å². The molecule has 0 spiro atoms. The minimum Gasteiger partial charge on any atom is -0.481 e. The Bertz CT molecular complexity index is 1180. The number of carboxylic acids is 2. The van der Waals surface area contributed by atoms with Crippen LogP contribution in [0, 0.1) is 5.41 Å². The van der Waals surface area contributed by atoms with Crippen LogP contribution in [0.4, 0.5) is 0 Å². The van der Waals surface area contributed by atoms with E-state index >= 15 is 0 Å². The summed E-state index contributed by atoms with van der Waals surface area (Å²) in [5, 5.41) is 20.3. The molecule has 5 rings (SSSR count). The minimum absolute atomic E-state index is 0.0359. The molecule has 0 fully saturated rings. The second kappa shape index (κ2) is 8.38. The average Bonchev–Trinajstić information content (AvgIpc) is 2.79. The maximum absolute atomic E-state index is 10.8. The Morgan fingerprint density at radius 2 is 1.81 bits per heavy atom. The van der Waals surface area contributed by atoms with E-state index in [1.807, 2.05) is 0 Å². The van der Waals surface area contributed by atoms with Gasteiger partial charge >= 0.3 is 11.9 Å². The van der Waals surface area contributed by atoms with Gasteiger partial charge in [-0.15, -0.1) is 0 Å². The third-order valence-corrected chi connectivity index (χ3v) is 6.37. The van der Waals surface area contributed by atoms with E-state index in [2.05, 4.69) is 48.6 Å². The lowest BCUT2D eigenvalue weighted by atomic mass is 9.80. The zero-order chi connectivity index (χ0) is 22.0. The van der Waals surface area contributed by atoms with Crippen LogP contribution in [0.2, 0.25) is 0 Å². The second-order valence-electron chi connectivity index (χ2n) is 8.53. The van der Waals surface area contributed by atoms with E-state index in [0.717, 1.165) is 0 Å². The summed E-state index contributed by atoms with van der Waals surface area (Å²) in [6.45, 7) is 1.50. The third kappa shape index (κ3) is 4.11. The van der Waals surface area contributed by atoms with Gasteiger partial charge in [0.15, 0.2) is 0 Å². The summed E-state index contributed by atoms with van der Waals surface area (Å²) < 4.78 is 0. The Morgan fingerprint density at radius 3 is 2.58 bits per heavy atom. The highest BCUT2D eigenvalue weighted by Crippen LogP contribution is 2.39. The number of hydrogen-bond donors (Lipinski definition) is 2. The van der Waals surface area contributed by atoms with E-state index in [1.54, 1.807) is 11.1 Å². The van der Waals surface area contributed by atoms with Crippen LogP contribution >= 0.6 is 0 Å². The summed E-state index contributed by atoms with van der Waals surface area (Å²) in [7, 11) is 0. The molecule has 0 saturated heterocycles. The molecular formula is C27H26O4. The van der Waals surface area contributed by atoms with Crippen LogP contribution in [-0.4, -0.2) is 22.2 Å². The summed E-state index contributed by atoms with van der Waals surface area (Å²) >= 11 is 0. The van der Waals surface area contributed by atoms with Gasteiger partial charge in [-0.25, -0.2) is 4.79 Å². The first kappa shape index (κ1) is 20.9. The number of fused-ring (bicyclic) bond motifs is 4. The number of aliphatic carboxylic acids is 2. The summed E-state index contributed by atoms with van der Waals surface area (Å²) in [5.41, 5.74) is 5.26. The molecule has 0 bridgehead atoms. The predicted molar refractivity (Wildman–Crippen MR) is 123 cm³/mol. The van der Waals surface area contributed by atoms with Crippen LogP contribution < -0.4 is 0 Å². The van der Waals surface area contributed by atoms with Crippen molar-refractivity contribution in [2.24, 2.45) is 5.41 Å². The third-order valence-electron chi connectivity index (χ3n) is 6.37. The Hall–Kier alpha value is -3.40. The van der Waals surface area contributed by atoms with Crippen molar-refractivity contribution in [2.45, 2.75) is 39.0 Å². The first-order chi connectivity index (χ1) is 14.9. The Kier molecular flexibility index (Phi) is 5.64. The van der Waals surface area contributed by atoms with Gasteiger partial charge in [0.25, 0.3) is 0 Å². The molecule has 4 heteroatoms. The highest BCUT2D eigenvalue weighted by Gasteiger charge is 2.34. The standard InChI is InChI=1S/C18H16.C9H10O4/c1-3-7-15-13(5-1)9-11-18-16-8-4-2-6-14(16)10-12-17(15)18;1-9(8(12)13)4-2-3-6(5-9)7(10)11/h1,3-5,7-9,11H,2,6,10,12H2;2-4H,5H2,1H3,(H,10,11)(H,12,13). The number of carbonyl (C=O) groups is 2. The quantitative estimate of drug-likeness (QED) is 0.638. The monoisotopic (exact) mass is 414 g/mol. The maximum Gasteiger partial charge on any atom is 0.331 e. The minimum atomic E-state index is -1.08. The van der Waals surface area contributed by atoms with Gasteiger partial charge in [-0.2, -0.15) is 0 Å². The normalized spacial score (nSPS) is 21.5. The number of allylic oxidation sites excluding steroid dienone is 6. The zero-order valence-electron chi connectivity index (χ0n) is 17.6. The molecule has 0 saturated carbocycles. The van der Waals surface area contributed by atoms with Crippen LogP contribution in [-0.2, 0) is 16.0 Å². The van der Waals surface area contributed by atoms with E-state index in [-0.39, 0.29) is 12.0 Å². The molecule has 2 aromatic rings. The fraction of sp³-hybridized carbons (Fsp3) is 0.259. The number of carboxylic acid groups (broad SMARTS) is 2. The van der Waals surface area contributed by atoms with E-state index in [4.69, 9.17) is 10.2 Å². The highest BCUT2D eigenvalue weighted by atomic mass is 16.4. The van der Waals surface area contributed by atoms with Gasteiger partial charge in [-0.1, -0.05) is 72.4 Å². The van der Waals surface area contributed by atoms with Crippen molar-refractivity contribution in [3.63, 3.8) is 0 Å². The lowest BCUT2D eigenvalue weighted by molar-refractivity contribution is -0.145. The van der Waals surface area contributed by atoms with Crippen LogP contribution in [0.5, 0.6) is 0 Å². The molecule has 3 aliphatic rings. The second-order valence-corrected chi connectivity index (χ2v) is 8.53. The average molecular weight is 415 g/mol. The largest absolute Gasteiger partial charge is 0.481 e. The molecule has 1 unspecified atom stereocenters. The van der Waals surface area contributed by atoms with Crippen molar-refractivity contribution in [3.05, 3.63) is 89.1 Å². The van der Waals surface area contributed by atoms with Crippen molar-refractivity contribution in [3.8, 4) is 0 Å². The Balaban J connectivity index is 0.000000159. The van der Waals surface area contributed by atoms with E-state index < -0.39 is 17.4 Å². The van der Waals surface area contributed by atoms with Crippen LogP contribution in [0.25, 0.3) is 16.3 Å².